The number of hydrogen-bond donors (Lipinski definition) is 2. The molecule has 0 aromatic heterocycles. The Morgan fingerprint density at radius 3 is 2.22 bits per heavy atom. The SMILES string of the molecule is CCN(CC)C(=N)c1ccc(C(=C2CCNCC2)c2ccccc2OC2CCCC2)cc1. The maximum absolute atomic E-state index is 8.57. The first-order chi connectivity index (χ1) is 15.7. The Morgan fingerprint density at radius 1 is 0.938 bits per heavy atom. The summed E-state index contributed by atoms with van der Waals surface area (Å²) in [7, 11) is 0. The van der Waals surface area contributed by atoms with E-state index in [4.69, 9.17) is 10.1 Å². The zero-order chi connectivity index (χ0) is 22.3. The number of amidine groups is 1. The Morgan fingerprint density at radius 2 is 1.56 bits per heavy atom. The van der Waals surface area contributed by atoms with E-state index in [-0.39, 0.29) is 0 Å². The summed E-state index contributed by atoms with van der Waals surface area (Å²) < 4.78 is 6.53. The van der Waals surface area contributed by atoms with Crippen molar-refractivity contribution in [2.75, 3.05) is 26.2 Å². The second kappa shape index (κ2) is 10.8. The summed E-state index contributed by atoms with van der Waals surface area (Å²) in [4.78, 5) is 2.09. The number of piperidine rings is 1. The summed E-state index contributed by atoms with van der Waals surface area (Å²) in [5, 5.41) is 12.1. The van der Waals surface area contributed by atoms with Crippen molar-refractivity contribution in [1.29, 1.82) is 5.41 Å². The maximum Gasteiger partial charge on any atom is 0.128 e. The number of benzene rings is 2. The monoisotopic (exact) mass is 431 g/mol. The van der Waals surface area contributed by atoms with E-state index in [2.05, 4.69) is 72.6 Å². The summed E-state index contributed by atoms with van der Waals surface area (Å²) in [6, 6.07) is 17.2. The molecule has 2 aromatic rings. The number of rotatable bonds is 7. The number of nitrogens with one attached hydrogen (secondary N) is 2. The molecule has 2 aliphatic rings. The fraction of sp³-hybridized carbons (Fsp3) is 0.464. The lowest BCUT2D eigenvalue weighted by Gasteiger charge is -2.25. The molecule has 4 rings (SSSR count). The molecule has 4 nitrogen and oxygen atoms in total. The average Bonchev–Trinajstić information content (AvgIpc) is 3.35. The molecule has 170 valence electrons. The molecule has 32 heavy (non-hydrogen) atoms. The fourth-order valence-corrected chi connectivity index (χ4v) is 5.01. The molecular formula is C28H37N3O. The van der Waals surface area contributed by atoms with Gasteiger partial charge in [-0.25, -0.2) is 0 Å². The maximum atomic E-state index is 8.57. The van der Waals surface area contributed by atoms with E-state index in [1.807, 2.05) is 0 Å². The van der Waals surface area contributed by atoms with Crippen LogP contribution in [0.2, 0.25) is 0 Å². The third-order valence-electron chi connectivity index (χ3n) is 6.84. The van der Waals surface area contributed by atoms with Crippen LogP contribution < -0.4 is 10.1 Å². The first kappa shape index (κ1) is 22.6. The van der Waals surface area contributed by atoms with Gasteiger partial charge in [0.25, 0.3) is 0 Å². The van der Waals surface area contributed by atoms with Crippen LogP contribution in [-0.2, 0) is 0 Å². The van der Waals surface area contributed by atoms with Crippen LogP contribution in [0.3, 0.4) is 0 Å². The van der Waals surface area contributed by atoms with Crippen LogP contribution in [0, 0.1) is 5.41 Å². The first-order valence-corrected chi connectivity index (χ1v) is 12.3. The van der Waals surface area contributed by atoms with Gasteiger partial charge >= 0.3 is 0 Å². The van der Waals surface area contributed by atoms with Crippen molar-refractivity contribution < 1.29 is 4.74 Å². The largest absolute Gasteiger partial charge is 0.490 e. The zero-order valence-electron chi connectivity index (χ0n) is 19.6. The molecule has 2 fully saturated rings. The molecule has 0 bridgehead atoms. The molecule has 0 amide bonds. The molecule has 1 saturated carbocycles. The van der Waals surface area contributed by atoms with E-state index in [0.717, 1.165) is 63.2 Å². The highest BCUT2D eigenvalue weighted by Gasteiger charge is 2.22. The van der Waals surface area contributed by atoms with E-state index in [1.54, 1.807) is 0 Å². The van der Waals surface area contributed by atoms with Gasteiger partial charge in [-0.2, -0.15) is 0 Å². The number of para-hydroxylation sites is 1. The minimum Gasteiger partial charge on any atom is -0.490 e. The Balaban J connectivity index is 1.71. The summed E-state index contributed by atoms with van der Waals surface area (Å²) >= 11 is 0. The quantitative estimate of drug-likeness (QED) is 0.426. The van der Waals surface area contributed by atoms with Gasteiger partial charge < -0.3 is 15.0 Å². The van der Waals surface area contributed by atoms with Crippen molar-refractivity contribution in [3.8, 4) is 5.75 Å². The van der Waals surface area contributed by atoms with Crippen molar-refractivity contribution in [3.63, 3.8) is 0 Å². The minimum absolute atomic E-state index is 0.340. The second-order valence-electron chi connectivity index (χ2n) is 8.85. The van der Waals surface area contributed by atoms with Gasteiger partial charge in [-0.05, 0) is 82.7 Å². The number of hydrogen-bond acceptors (Lipinski definition) is 3. The van der Waals surface area contributed by atoms with Gasteiger partial charge in [0.1, 0.15) is 11.6 Å². The normalized spacial score (nSPS) is 16.8. The molecule has 0 spiro atoms. The Hall–Kier alpha value is -2.59. The predicted octanol–water partition coefficient (Wildman–Crippen LogP) is 5.86. The molecule has 2 N–H and O–H groups in total. The van der Waals surface area contributed by atoms with E-state index in [0.29, 0.717) is 11.9 Å². The highest BCUT2D eigenvalue weighted by Crippen LogP contribution is 2.38. The zero-order valence-corrected chi connectivity index (χ0v) is 19.6. The number of nitrogens with zero attached hydrogens (tertiary/aromatic N) is 1. The topological polar surface area (TPSA) is 48.4 Å². The van der Waals surface area contributed by atoms with Gasteiger partial charge in [0.15, 0.2) is 0 Å². The van der Waals surface area contributed by atoms with Crippen molar-refractivity contribution in [2.45, 2.75) is 58.5 Å². The smallest absolute Gasteiger partial charge is 0.128 e. The molecule has 0 radical (unpaired) electrons. The lowest BCUT2D eigenvalue weighted by molar-refractivity contribution is 0.209. The van der Waals surface area contributed by atoms with Crippen LogP contribution in [-0.4, -0.2) is 43.0 Å². The van der Waals surface area contributed by atoms with E-state index < -0.39 is 0 Å². The minimum atomic E-state index is 0.340. The van der Waals surface area contributed by atoms with Crippen LogP contribution in [0.4, 0.5) is 0 Å². The Labute approximate surface area is 193 Å². The van der Waals surface area contributed by atoms with E-state index in [9.17, 15) is 0 Å². The molecule has 1 aliphatic heterocycles. The van der Waals surface area contributed by atoms with Crippen molar-refractivity contribution >= 4 is 11.4 Å². The molecule has 2 aromatic carbocycles. The summed E-state index contributed by atoms with van der Waals surface area (Å²) in [6.07, 6.45) is 7.32. The van der Waals surface area contributed by atoms with Gasteiger partial charge in [0, 0.05) is 24.2 Å². The molecule has 1 aliphatic carbocycles. The first-order valence-electron chi connectivity index (χ1n) is 12.3. The van der Waals surface area contributed by atoms with Gasteiger partial charge in [0.05, 0.1) is 6.10 Å². The van der Waals surface area contributed by atoms with Crippen LogP contribution in [0.1, 0.15) is 69.1 Å². The summed E-state index contributed by atoms with van der Waals surface area (Å²) in [6.45, 7) is 7.96. The standard InChI is InChI=1S/C28H37N3O/c1-3-31(4-2)28(29)23-15-13-21(14-16-23)27(22-17-19-30-20-18-22)25-11-7-8-12-26(25)32-24-9-5-6-10-24/h7-8,11-16,24,29-30H,3-6,9-10,17-20H2,1-2H3. The molecule has 0 unspecified atom stereocenters. The summed E-state index contributed by atoms with van der Waals surface area (Å²) in [5.74, 6) is 1.61. The molecule has 1 heterocycles. The molecule has 0 atom stereocenters. The van der Waals surface area contributed by atoms with Crippen molar-refractivity contribution in [3.05, 3.63) is 70.8 Å². The van der Waals surface area contributed by atoms with Crippen LogP contribution in [0.25, 0.3) is 5.57 Å². The highest BCUT2D eigenvalue weighted by atomic mass is 16.5. The van der Waals surface area contributed by atoms with Crippen LogP contribution >= 0.6 is 0 Å². The Kier molecular flexibility index (Phi) is 7.64. The highest BCUT2D eigenvalue weighted by molar-refractivity contribution is 5.97. The third kappa shape index (κ3) is 5.07. The van der Waals surface area contributed by atoms with Crippen LogP contribution in [0.15, 0.2) is 54.1 Å². The third-order valence-corrected chi connectivity index (χ3v) is 6.84. The summed E-state index contributed by atoms with van der Waals surface area (Å²) in [5.41, 5.74) is 6.23. The lowest BCUT2D eigenvalue weighted by Crippen LogP contribution is -2.30. The molecule has 1 saturated heterocycles. The van der Waals surface area contributed by atoms with Crippen molar-refractivity contribution in [1.82, 2.24) is 10.2 Å². The van der Waals surface area contributed by atoms with Gasteiger partial charge in [-0.1, -0.05) is 48.0 Å². The molecule has 4 heteroatoms. The lowest BCUT2D eigenvalue weighted by atomic mass is 9.88. The average molecular weight is 432 g/mol. The molecular weight excluding hydrogens is 394 g/mol. The van der Waals surface area contributed by atoms with Gasteiger partial charge in [-0.3, -0.25) is 5.41 Å². The van der Waals surface area contributed by atoms with Gasteiger partial charge in [0.2, 0.25) is 0 Å². The fourth-order valence-electron chi connectivity index (χ4n) is 5.01. The van der Waals surface area contributed by atoms with Crippen LogP contribution in [0.5, 0.6) is 5.75 Å². The van der Waals surface area contributed by atoms with E-state index in [1.165, 1.54) is 35.1 Å². The second-order valence-corrected chi connectivity index (χ2v) is 8.85. The number of ether oxygens (including phenoxy) is 1. The Bertz CT molecular complexity index is 929. The van der Waals surface area contributed by atoms with E-state index >= 15 is 0 Å². The predicted molar refractivity (Wildman–Crippen MR) is 134 cm³/mol. The van der Waals surface area contributed by atoms with Gasteiger partial charge in [-0.15, -0.1) is 0 Å². The van der Waals surface area contributed by atoms with Crippen molar-refractivity contribution in [2.24, 2.45) is 0 Å².